The average molecular weight is 509 g/mol. The van der Waals surface area contributed by atoms with Crippen LogP contribution in [-0.4, -0.2) is 50.5 Å². The van der Waals surface area contributed by atoms with Crippen molar-refractivity contribution in [1.82, 2.24) is 4.90 Å². The summed E-state index contributed by atoms with van der Waals surface area (Å²) in [5.74, 6) is -1.67. The van der Waals surface area contributed by atoms with Crippen LogP contribution in [0.25, 0.3) is 0 Å². The molecular formula is C22H22BrFN2O4S. The number of anilines is 1. The van der Waals surface area contributed by atoms with E-state index in [0.717, 1.165) is 4.47 Å². The molecule has 0 saturated carbocycles. The van der Waals surface area contributed by atoms with Crippen molar-refractivity contribution >= 4 is 43.3 Å². The Morgan fingerprint density at radius 1 is 1.10 bits per heavy atom. The fourth-order valence-electron chi connectivity index (χ4n) is 4.27. The van der Waals surface area contributed by atoms with Gasteiger partial charge in [0.2, 0.25) is 11.8 Å². The Morgan fingerprint density at radius 2 is 1.87 bits per heavy atom. The van der Waals surface area contributed by atoms with Gasteiger partial charge in [0.15, 0.2) is 9.84 Å². The second-order valence-electron chi connectivity index (χ2n) is 7.88. The Kier molecular flexibility index (Phi) is 6.16. The highest BCUT2D eigenvalue weighted by atomic mass is 79.9. The molecule has 2 heterocycles. The smallest absolute Gasteiger partial charge is 0.228 e. The number of hydrogen-bond acceptors (Lipinski definition) is 4. The van der Waals surface area contributed by atoms with Crippen LogP contribution in [0.15, 0.2) is 53.0 Å². The molecule has 6 nitrogen and oxygen atoms in total. The molecule has 2 aromatic carbocycles. The summed E-state index contributed by atoms with van der Waals surface area (Å²) in [4.78, 5) is 28.8. The maximum absolute atomic E-state index is 14.2. The van der Waals surface area contributed by atoms with Crippen molar-refractivity contribution in [2.24, 2.45) is 5.92 Å². The maximum Gasteiger partial charge on any atom is 0.228 e. The van der Waals surface area contributed by atoms with Crippen molar-refractivity contribution in [3.8, 4) is 0 Å². The van der Waals surface area contributed by atoms with Crippen molar-refractivity contribution in [1.29, 1.82) is 0 Å². The predicted octanol–water partition coefficient (Wildman–Crippen LogP) is 3.33. The largest absolute Gasteiger partial charge is 0.341 e. The lowest BCUT2D eigenvalue weighted by Crippen LogP contribution is -2.39. The van der Waals surface area contributed by atoms with Crippen LogP contribution in [0.1, 0.15) is 23.7 Å². The Balaban J connectivity index is 1.49. The van der Waals surface area contributed by atoms with E-state index >= 15 is 0 Å². The highest BCUT2D eigenvalue weighted by Crippen LogP contribution is 2.33. The number of benzene rings is 2. The lowest BCUT2D eigenvalue weighted by Gasteiger charge is -2.24. The van der Waals surface area contributed by atoms with E-state index < -0.39 is 26.8 Å². The summed E-state index contributed by atoms with van der Waals surface area (Å²) in [5.41, 5.74) is 0.862. The Labute approximate surface area is 189 Å². The summed E-state index contributed by atoms with van der Waals surface area (Å²) < 4.78 is 40.7. The minimum Gasteiger partial charge on any atom is -0.341 e. The molecule has 164 valence electrons. The standard InChI is InChI=1S/C22H22BrFN2O4S/c23-16-4-3-5-17(13-16)26-14-15(12-21(26)27)22(28)25-9-8-20(31(29,30)11-10-25)18-6-1-2-7-19(18)24/h1-7,13,15,20H,8-12,14H2. The molecule has 31 heavy (non-hydrogen) atoms. The molecule has 2 aromatic rings. The van der Waals surface area contributed by atoms with Crippen molar-refractivity contribution in [2.75, 3.05) is 30.3 Å². The van der Waals surface area contributed by atoms with Gasteiger partial charge >= 0.3 is 0 Å². The van der Waals surface area contributed by atoms with Crippen LogP contribution in [0.4, 0.5) is 10.1 Å². The quantitative estimate of drug-likeness (QED) is 0.637. The number of sulfone groups is 1. The van der Waals surface area contributed by atoms with E-state index in [2.05, 4.69) is 15.9 Å². The Morgan fingerprint density at radius 3 is 2.61 bits per heavy atom. The zero-order valence-electron chi connectivity index (χ0n) is 16.7. The third kappa shape index (κ3) is 4.52. The van der Waals surface area contributed by atoms with Gasteiger partial charge in [0.25, 0.3) is 0 Å². The van der Waals surface area contributed by atoms with E-state index in [1.165, 1.54) is 23.1 Å². The number of nitrogens with zero attached hydrogens (tertiary/aromatic N) is 2. The average Bonchev–Trinajstić information content (AvgIpc) is 3.04. The number of carbonyl (C=O) groups excluding carboxylic acids is 2. The molecule has 0 bridgehead atoms. The second kappa shape index (κ2) is 8.70. The molecule has 0 spiro atoms. The summed E-state index contributed by atoms with van der Waals surface area (Å²) in [6.45, 7) is 0.514. The van der Waals surface area contributed by atoms with Gasteiger partial charge in [-0.15, -0.1) is 0 Å². The van der Waals surface area contributed by atoms with Gasteiger partial charge in [-0.25, -0.2) is 12.8 Å². The molecule has 2 aliphatic heterocycles. The molecule has 2 fully saturated rings. The van der Waals surface area contributed by atoms with Gasteiger partial charge in [0.05, 0.1) is 16.9 Å². The normalized spacial score (nSPS) is 23.6. The summed E-state index contributed by atoms with van der Waals surface area (Å²) in [6, 6.07) is 13.2. The summed E-state index contributed by atoms with van der Waals surface area (Å²) in [7, 11) is -3.61. The van der Waals surface area contributed by atoms with E-state index in [0.29, 0.717) is 5.69 Å². The summed E-state index contributed by atoms with van der Waals surface area (Å²) in [5, 5.41) is -0.977. The number of carbonyl (C=O) groups is 2. The second-order valence-corrected chi connectivity index (χ2v) is 11.1. The molecule has 2 atom stereocenters. The van der Waals surface area contributed by atoms with E-state index in [1.54, 1.807) is 11.0 Å². The van der Waals surface area contributed by atoms with Crippen LogP contribution in [0.2, 0.25) is 0 Å². The molecule has 2 saturated heterocycles. The summed E-state index contributed by atoms with van der Waals surface area (Å²) >= 11 is 3.39. The molecule has 9 heteroatoms. The third-order valence-electron chi connectivity index (χ3n) is 5.90. The molecule has 4 rings (SSSR count). The first-order valence-corrected chi connectivity index (χ1v) is 12.6. The minimum atomic E-state index is -3.61. The first-order valence-electron chi connectivity index (χ1n) is 10.1. The minimum absolute atomic E-state index is 0.0493. The molecule has 0 aromatic heterocycles. The van der Waals surface area contributed by atoms with Crippen LogP contribution in [0.3, 0.4) is 0 Å². The van der Waals surface area contributed by atoms with Gasteiger partial charge in [-0.05, 0) is 30.7 Å². The van der Waals surface area contributed by atoms with Crippen LogP contribution in [0.5, 0.6) is 0 Å². The Hall–Kier alpha value is -2.26. The number of rotatable bonds is 3. The molecule has 0 radical (unpaired) electrons. The number of amides is 2. The fourth-order valence-corrected chi connectivity index (χ4v) is 6.46. The molecule has 2 aliphatic rings. The van der Waals surface area contributed by atoms with Crippen LogP contribution >= 0.6 is 15.9 Å². The highest BCUT2D eigenvalue weighted by Gasteiger charge is 2.40. The van der Waals surface area contributed by atoms with Gasteiger partial charge in [-0.1, -0.05) is 40.2 Å². The zero-order chi connectivity index (χ0) is 22.2. The number of hydrogen-bond donors (Lipinski definition) is 0. The molecule has 2 unspecified atom stereocenters. The topological polar surface area (TPSA) is 74.8 Å². The molecule has 0 N–H and O–H groups in total. The van der Waals surface area contributed by atoms with Gasteiger partial charge in [0, 0.05) is 41.8 Å². The first kappa shape index (κ1) is 22.0. The lowest BCUT2D eigenvalue weighted by atomic mass is 10.1. The van der Waals surface area contributed by atoms with E-state index in [1.807, 2.05) is 24.3 Å². The molecular weight excluding hydrogens is 487 g/mol. The lowest BCUT2D eigenvalue weighted by molar-refractivity contribution is -0.135. The Bertz CT molecular complexity index is 1120. The van der Waals surface area contributed by atoms with Crippen LogP contribution in [0, 0.1) is 11.7 Å². The predicted molar refractivity (Wildman–Crippen MR) is 119 cm³/mol. The zero-order valence-corrected chi connectivity index (χ0v) is 19.1. The molecule has 2 amide bonds. The summed E-state index contributed by atoms with van der Waals surface area (Å²) in [6.07, 6.45) is 0.219. The van der Waals surface area contributed by atoms with E-state index in [9.17, 15) is 22.4 Å². The van der Waals surface area contributed by atoms with Crippen LogP contribution in [-0.2, 0) is 19.4 Å². The first-order chi connectivity index (χ1) is 14.8. The van der Waals surface area contributed by atoms with Crippen molar-refractivity contribution in [2.45, 2.75) is 18.1 Å². The van der Waals surface area contributed by atoms with Crippen LogP contribution < -0.4 is 4.90 Å². The van der Waals surface area contributed by atoms with Gasteiger partial charge in [-0.2, -0.15) is 0 Å². The van der Waals surface area contributed by atoms with Crippen molar-refractivity contribution in [3.63, 3.8) is 0 Å². The highest BCUT2D eigenvalue weighted by molar-refractivity contribution is 9.10. The van der Waals surface area contributed by atoms with Gasteiger partial charge in [0.1, 0.15) is 5.82 Å². The van der Waals surface area contributed by atoms with Gasteiger partial charge < -0.3 is 9.80 Å². The van der Waals surface area contributed by atoms with E-state index in [4.69, 9.17) is 0 Å². The van der Waals surface area contributed by atoms with Crippen molar-refractivity contribution in [3.05, 3.63) is 64.4 Å². The fraction of sp³-hybridized carbons (Fsp3) is 0.364. The monoisotopic (exact) mass is 508 g/mol. The van der Waals surface area contributed by atoms with E-state index in [-0.39, 0.29) is 55.6 Å². The maximum atomic E-state index is 14.2. The van der Waals surface area contributed by atoms with Gasteiger partial charge in [-0.3, -0.25) is 9.59 Å². The third-order valence-corrected chi connectivity index (χ3v) is 8.50. The van der Waals surface area contributed by atoms with Crippen molar-refractivity contribution < 1.29 is 22.4 Å². The SMILES string of the molecule is O=C(C1CC(=O)N(c2cccc(Br)c2)C1)N1CCC(c2ccccc2F)S(=O)(=O)CC1. The molecule has 0 aliphatic carbocycles. The number of halogens is 2.